The van der Waals surface area contributed by atoms with Gasteiger partial charge in [0, 0.05) is 17.5 Å². The van der Waals surface area contributed by atoms with E-state index in [1.54, 1.807) is 24.3 Å². The Labute approximate surface area is 153 Å². The molecule has 0 saturated heterocycles. The van der Waals surface area contributed by atoms with Crippen LogP contribution in [0.15, 0.2) is 48.5 Å². The Morgan fingerprint density at radius 1 is 1.12 bits per heavy atom. The highest BCUT2D eigenvalue weighted by atomic mass is 19.1. The first kappa shape index (κ1) is 18.1. The van der Waals surface area contributed by atoms with Gasteiger partial charge in [-0.05, 0) is 43.7 Å². The van der Waals surface area contributed by atoms with E-state index >= 15 is 0 Å². The molecule has 0 fully saturated rings. The van der Waals surface area contributed by atoms with Gasteiger partial charge in [0.25, 0.3) is 5.91 Å². The molecule has 0 aliphatic rings. The zero-order valence-corrected chi connectivity index (χ0v) is 15.2. The van der Waals surface area contributed by atoms with E-state index in [0.717, 1.165) is 30.2 Å². The molecule has 0 aliphatic heterocycles. The molecule has 1 N–H and O–H groups in total. The zero-order valence-electron chi connectivity index (χ0n) is 15.2. The SMILES string of the molecule is CCCCCNC(=O)c1cc(-c2ccccc2F)nc2ccc(C)cc12. The second kappa shape index (κ2) is 8.09. The summed E-state index contributed by atoms with van der Waals surface area (Å²) in [7, 11) is 0. The first-order valence-electron chi connectivity index (χ1n) is 9.04. The van der Waals surface area contributed by atoms with Crippen molar-refractivity contribution < 1.29 is 9.18 Å². The van der Waals surface area contributed by atoms with Crippen molar-refractivity contribution in [3.63, 3.8) is 0 Å². The summed E-state index contributed by atoms with van der Waals surface area (Å²) in [5, 5.41) is 3.77. The van der Waals surface area contributed by atoms with Crippen molar-refractivity contribution in [2.45, 2.75) is 33.1 Å². The minimum atomic E-state index is -0.347. The molecule has 0 unspecified atom stereocenters. The van der Waals surface area contributed by atoms with Gasteiger partial charge in [-0.2, -0.15) is 0 Å². The average Bonchev–Trinajstić information content (AvgIpc) is 2.64. The number of halogens is 1. The Bertz CT molecular complexity index is 937. The number of benzene rings is 2. The number of carbonyl (C=O) groups excluding carboxylic acids is 1. The zero-order chi connectivity index (χ0) is 18.5. The maximum Gasteiger partial charge on any atom is 0.252 e. The summed E-state index contributed by atoms with van der Waals surface area (Å²) in [6.45, 7) is 4.74. The van der Waals surface area contributed by atoms with E-state index in [4.69, 9.17) is 0 Å². The van der Waals surface area contributed by atoms with Crippen molar-refractivity contribution in [1.29, 1.82) is 0 Å². The van der Waals surface area contributed by atoms with Crippen LogP contribution in [0, 0.1) is 12.7 Å². The molecule has 0 radical (unpaired) electrons. The van der Waals surface area contributed by atoms with E-state index in [-0.39, 0.29) is 11.7 Å². The summed E-state index contributed by atoms with van der Waals surface area (Å²) < 4.78 is 14.2. The maximum absolute atomic E-state index is 14.2. The van der Waals surface area contributed by atoms with Crippen LogP contribution >= 0.6 is 0 Å². The standard InChI is InChI=1S/C22H23FN2O/c1-3-4-7-12-24-22(26)18-14-21(16-8-5-6-9-19(16)23)25-20-11-10-15(2)13-17(18)20/h5-6,8-11,13-14H,3-4,7,12H2,1-2H3,(H,24,26). The van der Waals surface area contributed by atoms with Gasteiger partial charge in [0.15, 0.2) is 0 Å². The largest absolute Gasteiger partial charge is 0.352 e. The van der Waals surface area contributed by atoms with Gasteiger partial charge in [-0.3, -0.25) is 4.79 Å². The Kier molecular flexibility index (Phi) is 5.61. The van der Waals surface area contributed by atoms with Gasteiger partial charge in [-0.15, -0.1) is 0 Å². The summed E-state index contributed by atoms with van der Waals surface area (Å²) in [5.41, 5.74) is 3.15. The molecule has 3 rings (SSSR count). The number of unbranched alkanes of at least 4 members (excludes halogenated alkanes) is 2. The van der Waals surface area contributed by atoms with Crippen LogP contribution in [-0.2, 0) is 0 Å². The fourth-order valence-electron chi connectivity index (χ4n) is 3.01. The van der Waals surface area contributed by atoms with E-state index in [1.165, 1.54) is 6.07 Å². The summed E-state index contributed by atoms with van der Waals surface area (Å²) in [6.07, 6.45) is 3.13. The minimum absolute atomic E-state index is 0.142. The third kappa shape index (κ3) is 3.90. The summed E-state index contributed by atoms with van der Waals surface area (Å²) in [6, 6.07) is 14.0. The van der Waals surface area contributed by atoms with Crippen LogP contribution in [0.2, 0.25) is 0 Å². The first-order valence-corrected chi connectivity index (χ1v) is 9.04. The number of rotatable bonds is 6. The van der Waals surface area contributed by atoms with Crippen LogP contribution in [0.5, 0.6) is 0 Å². The van der Waals surface area contributed by atoms with Gasteiger partial charge < -0.3 is 5.32 Å². The van der Waals surface area contributed by atoms with Crippen LogP contribution in [0.1, 0.15) is 42.1 Å². The van der Waals surface area contributed by atoms with E-state index < -0.39 is 0 Å². The number of carbonyl (C=O) groups is 1. The number of amides is 1. The highest BCUT2D eigenvalue weighted by Gasteiger charge is 2.15. The molecular formula is C22H23FN2O. The normalized spacial score (nSPS) is 10.9. The fourth-order valence-corrected chi connectivity index (χ4v) is 3.01. The van der Waals surface area contributed by atoms with Gasteiger partial charge in [-0.25, -0.2) is 9.37 Å². The minimum Gasteiger partial charge on any atom is -0.352 e. The number of fused-ring (bicyclic) bond motifs is 1. The molecule has 3 nitrogen and oxygen atoms in total. The molecular weight excluding hydrogens is 327 g/mol. The molecule has 134 valence electrons. The van der Waals surface area contributed by atoms with Gasteiger partial charge in [-0.1, -0.05) is 43.5 Å². The summed E-state index contributed by atoms with van der Waals surface area (Å²) >= 11 is 0. The molecule has 0 saturated carbocycles. The third-order valence-electron chi connectivity index (χ3n) is 4.42. The lowest BCUT2D eigenvalue weighted by Gasteiger charge is -2.11. The van der Waals surface area contributed by atoms with Crippen molar-refractivity contribution in [3.8, 4) is 11.3 Å². The lowest BCUT2D eigenvalue weighted by molar-refractivity contribution is 0.0954. The molecule has 0 bridgehead atoms. The maximum atomic E-state index is 14.2. The molecule has 1 heterocycles. The number of nitrogens with one attached hydrogen (secondary N) is 1. The molecule has 0 spiro atoms. The third-order valence-corrected chi connectivity index (χ3v) is 4.42. The second-order valence-corrected chi connectivity index (χ2v) is 6.52. The van der Waals surface area contributed by atoms with Gasteiger partial charge in [0.1, 0.15) is 5.82 Å². The van der Waals surface area contributed by atoms with Crippen LogP contribution in [-0.4, -0.2) is 17.4 Å². The molecule has 1 amide bonds. The lowest BCUT2D eigenvalue weighted by Crippen LogP contribution is -2.24. The van der Waals surface area contributed by atoms with Crippen LogP contribution in [0.3, 0.4) is 0 Å². The lowest BCUT2D eigenvalue weighted by atomic mass is 10.0. The summed E-state index contributed by atoms with van der Waals surface area (Å²) in [5.74, 6) is -0.488. The topological polar surface area (TPSA) is 42.0 Å². The van der Waals surface area contributed by atoms with Crippen LogP contribution < -0.4 is 5.32 Å². The monoisotopic (exact) mass is 350 g/mol. The highest BCUT2D eigenvalue weighted by molar-refractivity contribution is 6.07. The van der Waals surface area contributed by atoms with Gasteiger partial charge >= 0.3 is 0 Å². The van der Waals surface area contributed by atoms with Crippen molar-refractivity contribution in [3.05, 3.63) is 65.5 Å². The molecule has 4 heteroatoms. The van der Waals surface area contributed by atoms with Crippen LogP contribution in [0.4, 0.5) is 4.39 Å². The predicted octanol–water partition coefficient (Wildman–Crippen LogP) is 5.27. The molecule has 3 aromatic rings. The van der Waals surface area contributed by atoms with E-state index in [1.807, 2.05) is 25.1 Å². The molecule has 0 aliphatic carbocycles. The van der Waals surface area contributed by atoms with Crippen molar-refractivity contribution in [1.82, 2.24) is 10.3 Å². The Balaban J connectivity index is 2.05. The predicted molar refractivity (Wildman–Crippen MR) is 104 cm³/mol. The average molecular weight is 350 g/mol. The molecule has 2 aromatic carbocycles. The number of aryl methyl sites for hydroxylation is 1. The van der Waals surface area contributed by atoms with E-state index in [0.29, 0.717) is 28.9 Å². The number of hydrogen-bond acceptors (Lipinski definition) is 2. The fraction of sp³-hybridized carbons (Fsp3) is 0.273. The summed E-state index contributed by atoms with van der Waals surface area (Å²) in [4.78, 5) is 17.3. The number of pyridine rings is 1. The number of hydrogen-bond donors (Lipinski definition) is 1. The highest BCUT2D eigenvalue weighted by Crippen LogP contribution is 2.27. The molecule has 1 aromatic heterocycles. The number of nitrogens with zero attached hydrogens (tertiary/aromatic N) is 1. The molecule has 0 atom stereocenters. The smallest absolute Gasteiger partial charge is 0.252 e. The van der Waals surface area contributed by atoms with Crippen molar-refractivity contribution in [2.24, 2.45) is 0 Å². The quantitative estimate of drug-likeness (QED) is 0.615. The Morgan fingerprint density at radius 3 is 2.69 bits per heavy atom. The second-order valence-electron chi connectivity index (χ2n) is 6.52. The molecule has 26 heavy (non-hydrogen) atoms. The van der Waals surface area contributed by atoms with Crippen molar-refractivity contribution in [2.75, 3.05) is 6.54 Å². The first-order chi connectivity index (χ1) is 12.6. The Hall–Kier alpha value is -2.75. The van der Waals surface area contributed by atoms with Gasteiger partial charge in [0.05, 0.1) is 16.8 Å². The van der Waals surface area contributed by atoms with Crippen LogP contribution in [0.25, 0.3) is 22.2 Å². The van der Waals surface area contributed by atoms with Crippen molar-refractivity contribution >= 4 is 16.8 Å². The Morgan fingerprint density at radius 2 is 1.92 bits per heavy atom. The van der Waals surface area contributed by atoms with Gasteiger partial charge in [0.2, 0.25) is 0 Å². The van der Waals surface area contributed by atoms with E-state index in [9.17, 15) is 9.18 Å². The van der Waals surface area contributed by atoms with E-state index in [2.05, 4.69) is 17.2 Å². The number of aromatic nitrogens is 1.